The third-order valence-electron chi connectivity index (χ3n) is 3.42. The molecule has 1 aliphatic rings. The van der Waals surface area contributed by atoms with Crippen LogP contribution in [0.5, 0.6) is 0 Å². The Morgan fingerprint density at radius 3 is 2.47 bits per heavy atom. The van der Waals surface area contributed by atoms with Crippen LogP contribution >= 0.6 is 11.6 Å². The summed E-state index contributed by atoms with van der Waals surface area (Å²) < 4.78 is 5.40. The Morgan fingerprint density at radius 2 is 1.88 bits per heavy atom. The predicted molar refractivity (Wildman–Crippen MR) is 71.6 cm³/mol. The number of benzene rings is 1. The van der Waals surface area contributed by atoms with Crippen molar-refractivity contribution >= 4 is 11.6 Å². The molecule has 94 valence electrons. The van der Waals surface area contributed by atoms with Crippen LogP contribution in [0.4, 0.5) is 0 Å². The molecule has 3 heteroatoms. The van der Waals surface area contributed by atoms with Crippen LogP contribution in [0.3, 0.4) is 0 Å². The Bertz CT molecular complexity index is 333. The Morgan fingerprint density at radius 1 is 1.24 bits per heavy atom. The Kier molecular flexibility index (Phi) is 4.84. The second-order valence-electron chi connectivity index (χ2n) is 4.54. The normalized spacial score (nSPS) is 19.2. The zero-order valence-electron chi connectivity index (χ0n) is 10.4. The average molecular weight is 254 g/mol. The molecule has 0 bridgehead atoms. The molecule has 0 aromatic heterocycles. The molecule has 0 saturated carbocycles. The molecule has 17 heavy (non-hydrogen) atoms. The Hall–Kier alpha value is -0.570. The highest BCUT2D eigenvalue weighted by Gasteiger charge is 2.19. The van der Waals surface area contributed by atoms with Crippen LogP contribution < -0.4 is 0 Å². The molecule has 1 aromatic carbocycles. The van der Waals surface area contributed by atoms with Crippen molar-refractivity contribution in [1.82, 2.24) is 4.90 Å². The van der Waals surface area contributed by atoms with Crippen LogP contribution in [0.2, 0.25) is 5.02 Å². The quantitative estimate of drug-likeness (QED) is 0.818. The summed E-state index contributed by atoms with van der Waals surface area (Å²) in [5.41, 5.74) is 1.37. The van der Waals surface area contributed by atoms with Crippen LogP contribution in [-0.2, 0) is 11.2 Å². The van der Waals surface area contributed by atoms with Crippen LogP contribution in [0, 0.1) is 0 Å². The maximum absolute atomic E-state index is 5.90. The highest BCUT2D eigenvalue weighted by Crippen LogP contribution is 2.16. The maximum atomic E-state index is 5.90. The van der Waals surface area contributed by atoms with E-state index in [0.717, 1.165) is 37.7 Å². The van der Waals surface area contributed by atoms with Gasteiger partial charge in [-0.25, -0.2) is 0 Å². The van der Waals surface area contributed by atoms with E-state index in [-0.39, 0.29) is 0 Å². The van der Waals surface area contributed by atoms with E-state index in [9.17, 15) is 0 Å². The summed E-state index contributed by atoms with van der Waals surface area (Å²) >= 11 is 5.90. The lowest BCUT2D eigenvalue weighted by Gasteiger charge is -2.34. The smallest absolute Gasteiger partial charge is 0.0594 e. The third-order valence-corrected chi connectivity index (χ3v) is 3.67. The zero-order valence-corrected chi connectivity index (χ0v) is 11.1. The first-order valence-corrected chi connectivity index (χ1v) is 6.73. The minimum Gasteiger partial charge on any atom is -0.379 e. The number of hydrogen-bond donors (Lipinski definition) is 0. The maximum Gasteiger partial charge on any atom is 0.0594 e. The van der Waals surface area contributed by atoms with Crippen molar-refractivity contribution in [1.29, 1.82) is 0 Å². The van der Waals surface area contributed by atoms with Crippen molar-refractivity contribution in [3.8, 4) is 0 Å². The van der Waals surface area contributed by atoms with Crippen molar-refractivity contribution in [2.24, 2.45) is 0 Å². The van der Waals surface area contributed by atoms with Gasteiger partial charge in [0.2, 0.25) is 0 Å². The summed E-state index contributed by atoms with van der Waals surface area (Å²) in [5, 5.41) is 0.813. The molecule has 1 unspecified atom stereocenters. The highest BCUT2D eigenvalue weighted by atomic mass is 35.5. The molecule has 1 aromatic rings. The minimum absolute atomic E-state index is 0.625. The molecule has 2 rings (SSSR count). The van der Waals surface area contributed by atoms with Crippen LogP contribution in [0.25, 0.3) is 0 Å². The van der Waals surface area contributed by atoms with Crippen molar-refractivity contribution in [2.75, 3.05) is 26.3 Å². The van der Waals surface area contributed by atoms with E-state index in [0.29, 0.717) is 6.04 Å². The zero-order chi connectivity index (χ0) is 12.1. The van der Waals surface area contributed by atoms with Crippen molar-refractivity contribution in [3.05, 3.63) is 34.9 Å². The van der Waals surface area contributed by atoms with E-state index in [2.05, 4.69) is 24.0 Å². The summed E-state index contributed by atoms with van der Waals surface area (Å²) in [6, 6.07) is 8.84. The van der Waals surface area contributed by atoms with Gasteiger partial charge in [-0.1, -0.05) is 30.7 Å². The first-order valence-electron chi connectivity index (χ1n) is 6.36. The van der Waals surface area contributed by atoms with Gasteiger partial charge in [-0.3, -0.25) is 4.90 Å². The molecular weight excluding hydrogens is 234 g/mol. The van der Waals surface area contributed by atoms with Gasteiger partial charge in [-0.05, 0) is 30.5 Å². The first-order chi connectivity index (χ1) is 8.29. The predicted octanol–water partition coefficient (Wildman–Crippen LogP) is 2.99. The molecule has 2 nitrogen and oxygen atoms in total. The van der Waals surface area contributed by atoms with Crippen molar-refractivity contribution in [3.63, 3.8) is 0 Å². The van der Waals surface area contributed by atoms with Gasteiger partial charge in [-0.2, -0.15) is 0 Å². The van der Waals surface area contributed by atoms with Gasteiger partial charge in [0.05, 0.1) is 13.2 Å². The van der Waals surface area contributed by atoms with Gasteiger partial charge in [0.25, 0.3) is 0 Å². The molecule has 1 saturated heterocycles. The number of hydrogen-bond acceptors (Lipinski definition) is 2. The second kappa shape index (κ2) is 6.39. The summed E-state index contributed by atoms with van der Waals surface area (Å²) in [6.45, 7) is 6.13. The molecule has 1 fully saturated rings. The molecule has 1 heterocycles. The highest BCUT2D eigenvalue weighted by molar-refractivity contribution is 6.30. The summed E-state index contributed by atoms with van der Waals surface area (Å²) in [6.07, 6.45) is 2.29. The summed E-state index contributed by atoms with van der Waals surface area (Å²) in [7, 11) is 0. The summed E-state index contributed by atoms with van der Waals surface area (Å²) in [5.74, 6) is 0. The third kappa shape index (κ3) is 3.70. The number of halogens is 1. The first kappa shape index (κ1) is 12.9. The molecule has 0 spiro atoms. The number of morpholine rings is 1. The Labute approximate surface area is 109 Å². The van der Waals surface area contributed by atoms with Crippen molar-refractivity contribution in [2.45, 2.75) is 25.8 Å². The van der Waals surface area contributed by atoms with Crippen LogP contribution in [0.1, 0.15) is 18.9 Å². The molecule has 0 aliphatic carbocycles. The fraction of sp³-hybridized carbons (Fsp3) is 0.571. The number of nitrogens with zero attached hydrogens (tertiary/aromatic N) is 1. The van der Waals surface area contributed by atoms with E-state index in [1.54, 1.807) is 0 Å². The van der Waals surface area contributed by atoms with Gasteiger partial charge < -0.3 is 4.74 Å². The van der Waals surface area contributed by atoms with E-state index < -0.39 is 0 Å². The Balaban J connectivity index is 1.96. The molecule has 0 radical (unpaired) electrons. The fourth-order valence-corrected chi connectivity index (χ4v) is 2.49. The molecule has 1 atom stereocenters. The second-order valence-corrected chi connectivity index (χ2v) is 4.98. The van der Waals surface area contributed by atoms with Gasteiger partial charge in [0.15, 0.2) is 0 Å². The van der Waals surface area contributed by atoms with E-state index >= 15 is 0 Å². The van der Waals surface area contributed by atoms with Crippen LogP contribution in [0.15, 0.2) is 24.3 Å². The van der Waals surface area contributed by atoms with Gasteiger partial charge in [0.1, 0.15) is 0 Å². The van der Waals surface area contributed by atoms with E-state index in [4.69, 9.17) is 16.3 Å². The number of rotatable bonds is 4. The minimum atomic E-state index is 0.625. The van der Waals surface area contributed by atoms with Gasteiger partial charge in [0, 0.05) is 24.2 Å². The molecule has 0 N–H and O–H groups in total. The molecule has 0 amide bonds. The largest absolute Gasteiger partial charge is 0.379 e. The van der Waals surface area contributed by atoms with Crippen LogP contribution in [-0.4, -0.2) is 37.2 Å². The lowest BCUT2D eigenvalue weighted by molar-refractivity contribution is 0.0158. The van der Waals surface area contributed by atoms with E-state index in [1.807, 2.05) is 12.1 Å². The monoisotopic (exact) mass is 253 g/mol. The number of ether oxygens (including phenoxy) is 1. The topological polar surface area (TPSA) is 12.5 Å². The fourth-order valence-electron chi connectivity index (χ4n) is 2.37. The van der Waals surface area contributed by atoms with Gasteiger partial charge >= 0.3 is 0 Å². The molecular formula is C14H20ClNO. The standard InChI is InChI=1S/C14H20ClNO/c1-2-14(16-7-9-17-10-8-16)11-12-3-5-13(15)6-4-12/h3-6,14H,2,7-11H2,1H3. The molecule has 1 aliphatic heterocycles. The average Bonchev–Trinajstić information content (AvgIpc) is 2.39. The lowest BCUT2D eigenvalue weighted by Crippen LogP contribution is -2.44. The van der Waals surface area contributed by atoms with Crippen molar-refractivity contribution < 1.29 is 4.74 Å². The summed E-state index contributed by atoms with van der Waals surface area (Å²) in [4.78, 5) is 2.54. The lowest BCUT2D eigenvalue weighted by atomic mass is 10.0. The SMILES string of the molecule is CCC(Cc1ccc(Cl)cc1)N1CCOCC1. The van der Waals surface area contributed by atoms with E-state index in [1.165, 1.54) is 12.0 Å². The van der Waals surface area contributed by atoms with Gasteiger partial charge in [-0.15, -0.1) is 0 Å².